The molecule has 16 heavy (non-hydrogen) atoms. The summed E-state index contributed by atoms with van der Waals surface area (Å²) in [6.45, 7) is 4.31. The van der Waals surface area contributed by atoms with E-state index < -0.39 is 0 Å². The number of hydrogen-bond donors (Lipinski definition) is 1. The lowest BCUT2D eigenvalue weighted by Gasteiger charge is -2.39. The highest BCUT2D eigenvalue weighted by molar-refractivity contribution is 5.34. The topological polar surface area (TPSA) is 28.2 Å². The van der Waals surface area contributed by atoms with Crippen molar-refractivity contribution in [3.05, 3.63) is 24.1 Å². The molecule has 1 aliphatic heterocycles. The summed E-state index contributed by atoms with van der Waals surface area (Å²) in [5.74, 6) is 0.0237. The van der Waals surface area contributed by atoms with Crippen molar-refractivity contribution in [2.75, 3.05) is 5.43 Å². The molecule has 1 aliphatic rings. The zero-order valence-electron chi connectivity index (χ0n) is 9.78. The number of aromatic nitrogens is 1. The van der Waals surface area contributed by atoms with Crippen LogP contribution in [0, 0.1) is 5.82 Å². The second-order valence-electron chi connectivity index (χ2n) is 4.48. The van der Waals surface area contributed by atoms with Gasteiger partial charge in [0.2, 0.25) is 0 Å². The lowest BCUT2D eigenvalue weighted by molar-refractivity contribution is 0.134. The third-order valence-corrected chi connectivity index (χ3v) is 3.19. The molecule has 88 valence electrons. The van der Waals surface area contributed by atoms with Gasteiger partial charge in [-0.2, -0.15) is 0 Å². The molecule has 1 fully saturated rings. The Morgan fingerprint density at radius 1 is 1.38 bits per heavy atom. The predicted octanol–water partition coefficient (Wildman–Crippen LogP) is 2.81. The van der Waals surface area contributed by atoms with Gasteiger partial charge >= 0.3 is 0 Å². The summed E-state index contributed by atoms with van der Waals surface area (Å²) in [7, 11) is 0. The fourth-order valence-corrected chi connectivity index (χ4v) is 2.23. The molecule has 1 aromatic rings. The number of rotatable bonds is 2. The van der Waals surface area contributed by atoms with E-state index in [2.05, 4.69) is 29.3 Å². The number of piperidine rings is 1. The minimum Gasteiger partial charge on any atom is -0.300 e. The Morgan fingerprint density at radius 3 is 2.69 bits per heavy atom. The average molecular weight is 223 g/mol. The minimum absolute atomic E-state index is 0.299. The third-order valence-electron chi connectivity index (χ3n) is 3.19. The molecule has 0 bridgehead atoms. The van der Waals surface area contributed by atoms with E-state index >= 15 is 0 Å². The molecule has 2 heterocycles. The number of hydrazine groups is 1. The van der Waals surface area contributed by atoms with E-state index in [0.717, 1.165) is 12.8 Å². The third kappa shape index (κ3) is 2.32. The first kappa shape index (κ1) is 11.3. The summed E-state index contributed by atoms with van der Waals surface area (Å²) in [5, 5.41) is 2.11. The van der Waals surface area contributed by atoms with Crippen LogP contribution in [0.15, 0.2) is 18.3 Å². The molecule has 0 amide bonds. The van der Waals surface area contributed by atoms with Crippen molar-refractivity contribution < 1.29 is 4.39 Å². The van der Waals surface area contributed by atoms with E-state index in [0.29, 0.717) is 17.9 Å². The van der Waals surface area contributed by atoms with E-state index in [4.69, 9.17) is 0 Å². The molecule has 1 aromatic heterocycles. The van der Waals surface area contributed by atoms with Gasteiger partial charge in [-0.3, -0.25) is 0 Å². The number of nitrogens with zero attached hydrogens (tertiary/aromatic N) is 2. The van der Waals surface area contributed by atoms with Crippen LogP contribution in [0.2, 0.25) is 0 Å². The first-order valence-electron chi connectivity index (χ1n) is 5.84. The van der Waals surface area contributed by atoms with Crippen LogP contribution in [-0.4, -0.2) is 22.1 Å². The second kappa shape index (κ2) is 4.78. The molecule has 1 saturated heterocycles. The normalized spacial score (nSPS) is 26.7. The molecule has 4 heteroatoms. The SMILES string of the molecule is CC1CCCC(C)N1Nc1ncccc1F. The van der Waals surface area contributed by atoms with Crippen LogP contribution in [0.3, 0.4) is 0 Å². The highest BCUT2D eigenvalue weighted by atomic mass is 19.1. The number of nitrogens with one attached hydrogen (secondary N) is 1. The smallest absolute Gasteiger partial charge is 0.176 e. The summed E-state index contributed by atoms with van der Waals surface area (Å²) >= 11 is 0. The molecule has 2 unspecified atom stereocenters. The molecule has 2 rings (SSSR count). The lowest BCUT2D eigenvalue weighted by Crippen LogP contribution is -2.47. The van der Waals surface area contributed by atoms with Gasteiger partial charge in [0.1, 0.15) is 0 Å². The summed E-state index contributed by atoms with van der Waals surface area (Å²) in [4.78, 5) is 4.01. The van der Waals surface area contributed by atoms with Crippen molar-refractivity contribution in [1.82, 2.24) is 9.99 Å². The summed E-state index contributed by atoms with van der Waals surface area (Å²) in [6, 6.07) is 3.87. The average Bonchev–Trinajstić information content (AvgIpc) is 2.26. The van der Waals surface area contributed by atoms with Gasteiger partial charge in [0.15, 0.2) is 11.6 Å². The number of pyridine rings is 1. The summed E-state index contributed by atoms with van der Waals surface area (Å²) in [5.41, 5.74) is 3.10. The van der Waals surface area contributed by atoms with Gasteiger partial charge in [-0.15, -0.1) is 0 Å². The van der Waals surface area contributed by atoms with E-state index in [-0.39, 0.29) is 5.82 Å². The maximum absolute atomic E-state index is 13.4. The Bertz CT molecular complexity index is 346. The van der Waals surface area contributed by atoms with Gasteiger partial charge in [0.05, 0.1) is 0 Å². The van der Waals surface area contributed by atoms with Gasteiger partial charge in [-0.1, -0.05) is 6.42 Å². The molecule has 0 spiro atoms. The minimum atomic E-state index is -0.299. The van der Waals surface area contributed by atoms with Gasteiger partial charge in [-0.25, -0.2) is 14.4 Å². The van der Waals surface area contributed by atoms with Crippen LogP contribution in [0.5, 0.6) is 0 Å². The van der Waals surface area contributed by atoms with E-state index in [1.165, 1.54) is 12.5 Å². The number of hydrogen-bond acceptors (Lipinski definition) is 3. The van der Waals surface area contributed by atoms with Crippen molar-refractivity contribution in [2.45, 2.75) is 45.2 Å². The van der Waals surface area contributed by atoms with Crippen LogP contribution in [-0.2, 0) is 0 Å². The maximum Gasteiger partial charge on any atom is 0.176 e. The Balaban J connectivity index is 2.11. The molecule has 0 saturated carbocycles. The molecule has 0 aromatic carbocycles. The first-order chi connectivity index (χ1) is 7.68. The van der Waals surface area contributed by atoms with Crippen molar-refractivity contribution >= 4 is 5.82 Å². The fourth-order valence-electron chi connectivity index (χ4n) is 2.23. The first-order valence-corrected chi connectivity index (χ1v) is 5.84. The van der Waals surface area contributed by atoms with Crippen molar-refractivity contribution in [3.8, 4) is 0 Å². The van der Waals surface area contributed by atoms with E-state index in [1.54, 1.807) is 12.3 Å². The van der Waals surface area contributed by atoms with Crippen molar-refractivity contribution in [1.29, 1.82) is 0 Å². The Kier molecular flexibility index (Phi) is 3.39. The standard InChI is InChI=1S/C12H18FN3/c1-9-5-3-6-10(2)16(9)15-12-11(13)7-4-8-14-12/h4,7-10H,3,5-6H2,1-2H3,(H,14,15). The molecule has 0 radical (unpaired) electrons. The maximum atomic E-state index is 13.4. The van der Waals surface area contributed by atoms with Crippen LogP contribution < -0.4 is 5.43 Å². The Labute approximate surface area is 95.6 Å². The second-order valence-corrected chi connectivity index (χ2v) is 4.48. The summed E-state index contributed by atoms with van der Waals surface area (Å²) < 4.78 is 13.4. The van der Waals surface area contributed by atoms with Crippen molar-refractivity contribution in [3.63, 3.8) is 0 Å². The van der Waals surface area contributed by atoms with Crippen LogP contribution >= 0.6 is 0 Å². The predicted molar refractivity (Wildman–Crippen MR) is 62.4 cm³/mol. The lowest BCUT2D eigenvalue weighted by atomic mass is 10.00. The van der Waals surface area contributed by atoms with Crippen LogP contribution in [0.4, 0.5) is 10.2 Å². The number of anilines is 1. The van der Waals surface area contributed by atoms with Gasteiger partial charge < -0.3 is 5.43 Å². The van der Waals surface area contributed by atoms with Gasteiger partial charge in [0, 0.05) is 18.3 Å². The fraction of sp³-hybridized carbons (Fsp3) is 0.583. The van der Waals surface area contributed by atoms with Crippen LogP contribution in [0.25, 0.3) is 0 Å². The molecule has 0 aliphatic carbocycles. The molecule has 1 N–H and O–H groups in total. The van der Waals surface area contributed by atoms with Gasteiger partial charge in [0.25, 0.3) is 0 Å². The molecule has 2 atom stereocenters. The highest BCUT2D eigenvalue weighted by Gasteiger charge is 2.25. The van der Waals surface area contributed by atoms with E-state index in [9.17, 15) is 4.39 Å². The van der Waals surface area contributed by atoms with Crippen LogP contribution in [0.1, 0.15) is 33.1 Å². The zero-order chi connectivity index (χ0) is 11.5. The number of halogens is 1. The molecular formula is C12H18FN3. The zero-order valence-corrected chi connectivity index (χ0v) is 9.78. The highest BCUT2D eigenvalue weighted by Crippen LogP contribution is 2.23. The largest absolute Gasteiger partial charge is 0.300 e. The van der Waals surface area contributed by atoms with E-state index in [1.807, 2.05) is 0 Å². The van der Waals surface area contributed by atoms with Gasteiger partial charge in [-0.05, 0) is 38.8 Å². The Hall–Kier alpha value is -1.16. The molecular weight excluding hydrogens is 205 g/mol. The van der Waals surface area contributed by atoms with Crippen molar-refractivity contribution in [2.24, 2.45) is 0 Å². The quantitative estimate of drug-likeness (QED) is 0.835. The monoisotopic (exact) mass is 223 g/mol. The molecule has 3 nitrogen and oxygen atoms in total. The summed E-state index contributed by atoms with van der Waals surface area (Å²) in [6.07, 6.45) is 5.13. The Morgan fingerprint density at radius 2 is 2.06 bits per heavy atom.